The average molecular weight is 572 g/mol. The van der Waals surface area contributed by atoms with Gasteiger partial charge in [-0.05, 0) is 30.9 Å². The zero-order chi connectivity index (χ0) is 22.2. The SMILES string of the molecule is CCNC(=NCC1(S(C)(=O)=O)CCOCC1)NCC(c1ccccc1)c1ccccc1.I. The van der Waals surface area contributed by atoms with E-state index in [2.05, 4.69) is 34.9 Å². The molecule has 1 saturated heterocycles. The minimum absolute atomic E-state index is 0. The number of guanidine groups is 1. The van der Waals surface area contributed by atoms with Crippen LogP contribution in [-0.4, -0.2) is 58.2 Å². The Bertz CT molecular complexity index is 907. The predicted octanol–water partition coefficient (Wildman–Crippen LogP) is 3.59. The maximum absolute atomic E-state index is 12.5. The van der Waals surface area contributed by atoms with E-state index in [1.807, 2.05) is 43.3 Å². The van der Waals surface area contributed by atoms with Gasteiger partial charge in [-0.3, -0.25) is 4.99 Å². The molecule has 1 aliphatic heterocycles. The van der Waals surface area contributed by atoms with E-state index in [1.165, 1.54) is 17.4 Å². The molecule has 0 aliphatic carbocycles. The van der Waals surface area contributed by atoms with Crippen LogP contribution in [0.15, 0.2) is 65.7 Å². The number of hydrogen-bond acceptors (Lipinski definition) is 4. The molecule has 0 amide bonds. The molecule has 0 saturated carbocycles. The van der Waals surface area contributed by atoms with E-state index in [9.17, 15) is 8.42 Å². The molecule has 32 heavy (non-hydrogen) atoms. The summed E-state index contributed by atoms with van der Waals surface area (Å²) in [6.45, 7) is 4.49. The molecule has 0 unspecified atom stereocenters. The highest BCUT2D eigenvalue weighted by atomic mass is 127. The highest BCUT2D eigenvalue weighted by Gasteiger charge is 2.42. The molecule has 0 aromatic heterocycles. The van der Waals surface area contributed by atoms with Crippen molar-refractivity contribution in [2.75, 3.05) is 39.1 Å². The minimum atomic E-state index is -3.26. The van der Waals surface area contributed by atoms with Crippen molar-refractivity contribution in [1.29, 1.82) is 0 Å². The normalized spacial score (nSPS) is 16.3. The van der Waals surface area contributed by atoms with Crippen LogP contribution in [0, 0.1) is 0 Å². The fourth-order valence-corrected chi connectivity index (χ4v) is 5.16. The van der Waals surface area contributed by atoms with Gasteiger partial charge >= 0.3 is 0 Å². The van der Waals surface area contributed by atoms with Gasteiger partial charge in [-0.25, -0.2) is 8.42 Å². The minimum Gasteiger partial charge on any atom is -0.381 e. The summed E-state index contributed by atoms with van der Waals surface area (Å²) in [6, 6.07) is 20.7. The second-order valence-corrected chi connectivity index (χ2v) is 10.4. The van der Waals surface area contributed by atoms with Crippen molar-refractivity contribution in [1.82, 2.24) is 10.6 Å². The zero-order valence-electron chi connectivity index (χ0n) is 18.8. The van der Waals surface area contributed by atoms with Crippen molar-refractivity contribution in [3.05, 3.63) is 71.8 Å². The van der Waals surface area contributed by atoms with Crippen molar-refractivity contribution in [2.45, 2.75) is 30.4 Å². The van der Waals surface area contributed by atoms with Crippen LogP contribution in [0.3, 0.4) is 0 Å². The summed E-state index contributed by atoms with van der Waals surface area (Å²) in [5.74, 6) is 0.784. The highest BCUT2D eigenvalue weighted by molar-refractivity contribution is 14.0. The summed E-state index contributed by atoms with van der Waals surface area (Å²) in [5, 5.41) is 6.70. The lowest BCUT2D eigenvalue weighted by Gasteiger charge is -2.34. The monoisotopic (exact) mass is 571 g/mol. The fraction of sp³-hybridized carbons (Fsp3) is 0.458. The lowest BCUT2D eigenvalue weighted by Crippen LogP contribution is -2.47. The molecule has 6 nitrogen and oxygen atoms in total. The zero-order valence-corrected chi connectivity index (χ0v) is 21.9. The van der Waals surface area contributed by atoms with Crippen LogP contribution < -0.4 is 10.6 Å². The van der Waals surface area contributed by atoms with Gasteiger partial charge in [-0.1, -0.05) is 60.7 Å². The molecule has 2 N–H and O–H groups in total. The van der Waals surface area contributed by atoms with Crippen LogP contribution in [-0.2, 0) is 14.6 Å². The van der Waals surface area contributed by atoms with E-state index >= 15 is 0 Å². The predicted molar refractivity (Wildman–Crippen MR) is 142 cm³/mol. The Morgan fingerprint density at radius 2 is 1.53 bits per heavy atom. The fourth-order valence-electron chi connectivity index (χ4n) is 3.95. The average Bonchev–Trinajstić information content (AvgIpc) is 2.79. The molecule has 0 atom stereocenters. The topological polar surface area (TPSA) is 79.8 Å². The maximum atomic E-state index is 12.5. The number of halogens is 1. The van der Waals surface area contributed by atoms with Gasteiger partial charge < -0.3 is 15.4 Å². The number of nitrogens with one attached hydrogen (secondary N) is 2. The molecule has 176 valence electrons. The van der Waals surface area contributed by atoms with E-state index < -0.39 is 14.6 Å². The van der Waals surface area contributed by atoms with E-state index in [0.29, 0.717) is 45.1 Å². The van der Waals surface area contributed by atoms with Crippen LogP contribution in [0.25, 0.3) is 0 Å². The first-order valence-corrected chi connectivity index (χ1v) is 12.7. The largest absolute Gasteiger partial charge is 0.381 e. The first-order valence-electron chi connectivity index (χ1n) is 10.8. The van der Waals surface area contributed by atoms with Gasteiger partial charge in [0.1, 0.15) is 0 Å². The molecule has 2 aromatic carbocycles. The quantitative estimate of drug-likeness (QED) is 0.288. The van der Waals surface area contributed by atoms with Gasteiger partial charge in [0.25, 0.3) is 0 Å². The number of aliphatic imine (C=N–C) groups is 1. The second-order valence-electron chi connectivity index (χ2n) is 8.02. The number of ether oxygens (including phenoxy) is 1. The third kappa shape index (κ3) is 6.92. The van der Waals surface area contributed by atoms with E-state index in [0.717, 1.165) is 0 Å². The molecule has 0 spiro atoms. The molecule has 1 aliphatic rings. The Hall–Kier alpha value is -1.65. The Morgan fingerprint density at radius 3 is 2.00 bits per heavy atom. The van der Waals surface area contributed by atoms with E-state index in [4.69, 9.17) is 9.73 Å². The van der Waals surface area contributed by atoms with Crippen LogP contribution in [0.4, 0.5) is 0 Å². The summed E-state index contributed by atoms with van der Waals surface area (Å²) in [5.41, 5.74) is 2.43. The summed E-state index contributed by atoms with van der Waals surface area (Å²) < 4.78 is 29.7. The molecule has 0 radical (unpaired) electrons. The maximum Gasteiger partial charge on any atom is 0.191 e. The van der Waals surface area contributed by atoms with Gasteiger partial charge in [0, 0.05) is 38.5 Å². The lowest BCUT2D eigenvalue weighted by molar-refractivity contribution is 0.0768. The van der Waals surface area contributed by atoms with Crippen LogP contribution in [0.2, 0.25) is 0 Å². The summed E-state index contributed by atoms with van der Waals surface area (Å²) in [6.07, 6.45) is 2.27. The molecule has 1 fully saturated rings. The van der Waals surface area contributed by atoms with Crippen LogP contribution in [0.1, 0.15) is 36.8 Å². The smallest absolute Gasteiger partial charge is 0.191 e. The summed E-state index contributed by atoms with van der Waals surface area (Å²) in [7, 11) is -3.26. The summed E-state index contributed by atoms with van der Waals surface area (Å²) >= 11 is 0. The van der Waals surface area contributed by atoms with E-state index in [1.54, 1.807) is 0 Å². The van der Waals surface area contributed by atoms with Crippen LogP contribution in [0.5, 0.6) is 0 Å². The lowest BCUT2D eigenvalue weighted by atomic mass is 9.91. The van der Waals surface area contributed by atoms with Crippen molar-refractivity contribution in [2.24, 2.45) is 4.99 Å². The first kappa shape index (κ1) is 26.6. The van der Waals surface area contributed by atoms with E-state index in [-0.39, 0.29) is 36.4 Å². The van der Waals surface area contributed by atoms with Gasteiger partial charge in [0.2, 0.25) is 0 Å². The molecule has 8 heteroatoms. The Balaban J connectivity index is 0.00000363. The Kier molecular flexibility index (Phi) is 10.4. The number of nitrogens with zero attached hydrogens (tertiary/aromatic N) is 1. The second kappa shape index (κ2) is 12.6. The Labute approximate surface area is 209 Å². The molecule has 3 rings (SSSR count). The van der Waals surface area contributed by atoms with Crippen molar-refractivity contribution in [3.8, 4) is 0 Å². The number of sulfone groups is 1. The Morgan fingerprint density at radius 1 is 1.00 bits per heavy atom. The standard InChI is InChI=1S/C24H33N3O3S.HI/c1-3-25-23(27-19-24(31(2,28)29)14-16-30-17-15-24)26-18-22(20-10-6-4-7-11-20)21-12-8-5-9-13-21;/h4-13,22H,3,14-19H2,1-2H3,(H2,25,26,27);1H. The first-order chi connectivity index (χ1) is 15.0. The number of rotatable bonds is 8. The molecule has 1 heterocycles. The molecule has 0 bridgehead atoms. The molecular weight excluding hydrogens is 537 g/mol. The number of benzene rings is 2. The van der Waals surface area contributed by atoms with Crippen molar-refractivity contribution < 1.29 is 13.2 Å². The summed E-state index contributed by atoms with van der Waals surface area (Å²) in [4.78, 5) is 4.69. The van der Waals surface area contributed by atoms with Gasteiger partial charge in [-0.15, -0.1) is 24.0 Å². The highest BCUT2D eigenvalue weighted by Crippen LogP contribution is 2.30. The third-order valence-electron chi connectivity index (χ3n) is 5.94. The molecular formula is C24H34IN3O3S. The van der Waals surface area contributed by atoms with Gasteiger partial charge in [0.05, 0.1) is 11.3 Å². The molecule has 2 aromatic rings. The van der Waals surface area contributed by atoms with Gasteiger partial charge in [-0.2, -0.15) is 0 Å². The third-order valence-corrected chi connectivity index (χ3v) is 8.05. The van der Waals surface area contributed by atoms with Crippen molar-refractivity contribution in [3.63, 3.8) is 0 Å². The van der Waals surface area contributed by atoms with Crippen molar-refractivity contribution >= 4 is 39.8 Å². The van der Waals surface area contributed by atoms with Gasteiger partial charge in [0.15, 0.2) is 15.8 Å². The number of hydrogen-bond donors (Lipinski definition) is 2. The van der Waals surface area contributed by atoms with Crippen LogP contribution >= 0.6 is 24.0 Å².